The Morgan fingerprint density at radius 2 is 2.04 bits per heavy atom. The monoisotopic (exact) mass is 331 g/mol. The number of amides is 1. The first kappa shape index (κ1) is 16.6. The van der Waals surface area contributed by atoms with Crippen molar-refractivity contribution in [2.24, 2.45) is 0 Å². The van der Waals surface area contributed by atoms with Gasteiger partial charge in [0.05, 0.1) is 29.4 Å². The van der Waals surface area contributed by atoms with Crippen molar-refractivity contribution in [1.29, 1.82) is 0 Å². The van der Waals surface area contributed by atoms with Gasteiger partial charge in [-0.2, -0.15) is 0 Å². The number of aliphatic hydroxyl groups is 2. The molecule has 2 aromatic rings. The number of aliphatic hydroxyl groups excluding tert-OH is 1. The lowest BCUT2D eigenvalue weighted by molar-refractivity contribution is -0.132. The first-order chi connectivity index (χ1) is 11.5. The van der Waals surface area contributed by atoms with Gasteiger partial charge in [0.1, 0.15) is 6.54 Å². The summed E-state index contributed by atoms with van der Waals surface area (Å²) in [6.45, 7) is 0.500. The van der Waals surface area contributed by atoms with Gasteiger partial charge in [-0.05, 0) is 31.4 Å². The molecule has 2 N–H and O–H groups in total. The first-order valence-corrected chi connectivity index (χ1v) is 8.08. The fourth-order valence-electron chi connectivity index (χ4n) is 3.05. The quantitative estimate of drug-likeness (QED) is 0.834. The Hall–Kier alpha value is -2.25. The number of rotatable bonds is 3. The molecule has 0 bridgehead atoms. The third-order valence-corrected chi connectivity index (χ3v) is 4.60. The Kier molecular flexibility index (Phi) is 4.64. The zero-order valence-corrected chi connectivity index (χ0v) is 13.4. The Labute approximate surface area is 139 Å². The molecule has 2 heterocycles. The van der Waals surface area contributed by atoms with E-state index in [0.717, 1.165) is 0 Å². The number of para-hydroxylation sites is 1. The Bertz CT molecular complexity index is 804. The zero-order chi connectivity index (χ0) is 17.2. The van der Waals surface area contributed by atoms with Gasteiger partial charge < -0.3 is 15.1 Å². The largest absolute Gasteiger partial charge is 0.393 e. The predicted molar refractivity (Wildman–Crippen MR) is 88.5 cm³/mol. The molecule has 1 unspecified atom stereocenters. The van der Waals surface area contributed by atoms with Gasteiger partial charge in [-0.25, -0.2) is 4.98 Å². The summed E-state index contributed by atoms with van der Waals surface area (Å²) in [5.41, 5.74) is -0.749. The van der Waals surface area contributed by atoms with Crippen LogP contribution >= 0.6 is 0 Å². The maximum absolute atomic E-state index is 12.5. The van der Waals surface area contributed by atoms with E-state index in [-0.39, 0.29) is 24.6 Å². The van der Waals surface area contributed by atoms with Crippen molar-refractivity contribution in [2.45, 2.75) is 31.4 Å². The molecule has 1 fully saturated rings. The van der Waals surface area contributed by atoms with Gasteiger partial charge in [-0.15, -0.1) is 0 Å². The van der Waals surface area contributed by atoms with Crippen LogP contribution in [0.4, 0.5) is 0 Å². The van der Waals surface area contributed by atoms with Crippen LogP contribution in [0.15, 0.2) is 35.4 Å². The molecule has 24 heavy (non-hydrogen) atoms. The standard InChI is InChI=1S/C17H21N3O4/c21-11-17(24)6-3-8-19(9-7-17)15(22)10-20-12-18-14-5-2-1-4-13(14)16(20)23/h1-2,4-5,12,21,24H,3,6-11H2. The Morgan fingerprint density at radius 1 is 1.25 bits per heavy atom. The van der Waals surface area contributed by atoms with Gasteiger partial charge >= 0.3 is 0 Å². The molecular formula is C17H21N3O4. The van der Waals surface area contributed by atoms with E-state index in [1.807, 2.05) is 6.07 Å². The number of fused-ring (bicyclic) bond motifs is 1. The molecule has 1 saturated heterocycles. The summed E-state index contributed by atoms with van der Waals surface area (Å²) in [7, 11) is 0. The highest BCUT2D eigenvalue weighted by Gasteiger charge is 2.30. The van der Waals surface area contributed by atoms with Crippen molar-refractivity contribution in [1.82, 2.24) is 14.5 Å². The van der Waals surface area contributed by atoms with Crippen LogP contribution in [0.2, 0.25) is 0 Å². The first-order valence-electron chi connectivity index (χ1n) is 8.08. The Morgan fingerprint density at radius 3 is 2.83 bits per heavy atom. The topological polar surface area (TPSA) is 95.7 Å². The highest BCUT2D eigenvalue weighted by Crippen LogP contribution is 2.21. The number of benzene rings is 1. The van der Waals surface area contributed by atoms with E-state index in [4.69, 9.17) is 0 Å². The van der Waals surface area contributed by atoms with Crippen LogP contribution in [0.1, 0.15) is 19.3 Å². The zero-order valence-electron chi connectivity index (χ0n) is 13.4. The molecule has 3 rings (SSSR count). The third-order valence-electron chi connectivity index (χ3n) is 4.60. The molecular weight excluding hydrogens is 310 g/mol. The van der Waals surface area contributed by atoms with Crippen molar-refractivity contribution in [3.63, 3.8) is 0 Å². The van der Waals surface area contributed by atoms with Crippen LogP contribution in [0.5, 0.6) is 0 Å². The lowest BCUT2D eigenvalue weighted by atomic mass is 9.96. The van der Waals surface area contributed by atoms with Crippen molar-refractivity contribution in [3.05, 3.63) is 40.9 Å². The summed E-state index contributed by atoms with van der Waals surface area (Å²) in [4.78, 5) is 30.8. The van der Waals surface area contributed by atoms with Crippen LogP contribution in [-0.4, -0.2) is 55.9 Å². The fraction of sp³-hybridized carbons (Fsp3) is 0.471. The number of likely N-dealkylation sites (tertiary alicyclic amines) is 1. The van der Waals surface area contributed by atoms with Gasteiger partial charge in [0.25, 0.3) is 5.56 Å². The molecule has 128 valence electrons. The second kappa shape index (κ2) is 6.70. The molecule has 0 radical (unpaired) electrons. The van der Waals surface area contributed by atoms with Crippen LogP contribution in [-0.2, 0) is 11.3 Å². The van der Waals surface area contributed by atoms with Crippen molar-refractivity contribution in [2.75, 3.05) is 19.7 Å². The molecule has 1 atom stereocenters. The maximum atomic E-state index is 12.5. The lowest BCUT2D eigenvalue weighted by Gasteiger charge is -2.24. The van der Waals surface area contributed by atoms with E-state index >= 15 is 0 Å². The molecule has 1 aromatic heterocycles. The van der Waals surface area contributed by atoms with E-state index in [0.29, 0.717) is 43.3 Å². The summed E-state index contributed by atoms with van der Waals surface area (Å²) in [5, 5.41) is 19.9. The molecule has 7 nitrogen and oxygen atoms in total. The molecule has 0 spiro atoms. The van der Waals surface area contributed by atoms with Gasteiger partial charge in [0, 0.05) is 13.1 Å². The minimum Gasteiger partial charge on any atom is -0.393 e. The summed E-state index contributed by atoms with van der Waals surface area (Å²) in [6.07, 6.45) is 2.81. The molecule has 1 amide bonds. The van der Waals surface area contributed by atoms with Crippen molar-refractivity contribution in [3.8, 4) is 0 Å². The summed E-state index contributed by atoms with van der Waals surface area (Å²) < 4.78 is 1.31. The number of hydrogen-bond acceptors (Lipinski definition) is 5. The van der Waals surface area contributed by atoms with E-state index in [2.05, 4.69) is 4.98 Å². The van der Waals surface area contributed by atoms with Crippen LogP contribution in [0.3, 0.4) is 0 Å². The summed E-state index contributed by atoms with van der Waals surface area (Å²) in [5.74, 6) is -0.184. The minimum absolute atomic E-state index is 0.0752. The van der Waals surface area contributed by atoms with Gasteiger partial charge in [0.2, 0.25) is 5.91 Å². The summed E-state index contributed by atoms with van der Waals surface area (Å²) >= 11 is 0. The van der Waals surface area contributed by atoms with E-state index < -0.39 is 5.60 Å². The highest BCUT2D eigenvalue weighted by atomic mass is 16.3. The second-order valence-electron chi connectivity index (χ2n) is 6.31. The van der Waals surface area contributed by atoms with Gasteiger partial charge in [-0.1, -0.05) is 12.1 Å². The van der Waals surface area contributed by atoms with Crippen LogP contribution in [0, 0.1) is 0 Å². The number of carbonyl (C=O) groups excluding carboxylic acids is 1. The highest BCUT2D eigenvalue weighted by molar-refractivity contribution is 5.79. The SMILES string of the molecule is O=C(Cn1cnc2ccccc2c1=O)N1CCCC(O)(CO)CC1. The molecule has 1 aromatic carbocycles. The minimum atomic E-state index is -1.11. The molecule has 0 aliphatic carbocycles. The van der Waals surface area contributed by atoms with Crippen molar-refractivity contribution < 1.29 is 15.0 Å². The van der Waals surface area contributed by atoms with Crippen LogP contribution in [0.25, 0.3) is 10.9 Å². The fourth-order valence-corrected chi connectivity index (χ4v) is 3.05. The molecule has 7 heteroatoms. The molecule has 1 aliphatic rings. The molecule has 0 saturated carbocycles. The van der Waals surface area contributed by atoms with Crippen LogP contribution < -0.4 is 5.56 Å². The predicted octanol–water partition coefficient (Wildman–Crippen LogP) is 0.132. The van der Waals surface area contributed by atoms with Gasteiger partial charge in [0.15, 0.2) is 0 Å². The van der Waals surface area contributed by atoms with E-state index in [9.17, 15) is 19.8 Å². The number of aromatic nitrogens is 2. The summed E-state index contributed by atoms with van der Waals surface area (Å²) in [6, 6.07) is 7.03. The Balaban J connectivity index is 1.75. The van der Waals surface area contributed by atoms with Gasteiger partial charge in [-0.3, -0.25) is 14.2 Å². The molecule has 1 aliphatic heterocycles. The smallest absolute Gasteiger partial charge is 0.261 e. The lowest BCUT2D eigenvalue weighted by Crippen LogP contribution is -2.39. The van der Waals surface area contributed by atoms with E-state index in [1.54, 1.807) is 23.1 Å². The normalized spacial score (nSPS) is 21.7. The average molecular weight is 331 g/mol. The number of hydrogen-bond donors (Lipinski definition) is 2. The average Bonchev–Trinajstić information content (AvgIpc) is 2.80. The number of nitrogens with zero attached hydrogens (tertiary/aromatic N) is 3. The van der Waals surface area contributed by atoms with Crippen molar-refractivity contribution >= 4 is 16.8 Å². The maximum Gasteiger partial charge on any atom is 0.261 e. The number of carbonyl (C=O) groups is 1. The second-order valence-corrected chi connectivity index (χ2v) is 6.31. The van der Waals surface area contributed by atoms with E-state index in [1.165, 1.54) is 10.9 Å². The third kappa shape index (κ3) is 3.32.